The Kier molecular flexibility index (Phi) is 2.76. The minimum atomic E-state index is 0.985. The van der Waals surface area contributed by atoms with E-state index in [4.69, 9.17) is 4.98 Å². The number of hydrogen-bond donors (Lipinski definition) is 0. The van der Waals surface area contributed by atoms with Crippen molar-refractivity contribution in [2.24, 2.45) is 7.05 Å². The van der Waals surface area contributed by atoms with Crippen molar-refractivity contribution in [1.82, 2.24) is 9.38 Å². The molecule has 0 aliphatic carbocycles. The van der Waals surface area contributed by atoms with Crippen molar-refractivity contribution in [3.05, 3.63) is 66.0 Å². The normalized spacial score (nSPS) is 11.4. The third-order valence-electron chi connectivity index (χ3n) is 4.23. The largest absolute Gasteiger partial charge is 0.300 e. The number of rotatable bonds is 1. The smallest absolute Gasteiger partial charge is 0.214 e. The Morgan fingerprint density at radius 1 is 1.00 bits per heavy atom. The fraction of sp³-hybridized carbons (Fsp3) is 0.158. The zero-order valence-corrected chi connectivity index (χ0v) is 13.0. The number of imidazole rings is 1. The zero-order chi connectivity index (χ0) is 15.3. The Morgan fingerprint density at radius 3 is 2.68 bits per heavy atom. The molecule has 0 amide bonds. The van der Waals surface area contributed by atoms with Crippen LogP contribution in [0.25, 0.3) is 27.9 Å². The van der Waals surface area contributed by atoms with E-state index in [1.165, 1.54) is 22.4 Å². The topological polar surface area (TPSA) is 21.2 Å². The number of fused-ring (bicyclic) bond motifs is 3. The summed E-state index contributed by atoms with van der Waals surface area (Å²) in [7, 11) is 2.09. The second-order valence-electron chi connectivity index (χ2n) is 5.87. The van der Waals surface area contributed by atoms with Gasteiger partial charge in [-0.25, -0.2) is 9.55 Å². The first-order valence-corrected chi connectivity index (χ1v) is 7.48. The van der Waals surface area contributed by atoms with E-state index in [-0.39, 0.29) is 0 Å². The van der Waals surface area contributed by atoms with Gasteiger partial charge in [0.25, 0.3) is 0 Å². The third-order valence-corrected chi connectivity index (χ3v) is 4.23. The number of nitrogens with zero attached hydrogens (tertiary/aromatic N) is 3. The first-order valence-electron chi connectivity index (χ1n) is 7.48. The number of aromatic nitrogens is 3. The summed E-state index contributed by atoms with van der Waals surface area (Å²) >= 11 is 0. The Bertz CT molecular complexity index is 1010. The molecule has 0 bridgehead atoms. The fourth-order valence-corrected chi connectivity index (χ4v) is 3.16. The van der Waals surface area contributed by atoms with Crippen molar-refractivity contribution in [2.45, 2.75) is 13.8 Å². The lowest BCUT2D eigenvalue weighted by Crippen LogP contribution is -2.31. The molecule has 4 rings (SSSR count). The first kappa shape index (κ1) is 13.0. The van der Waals surface area contributed by atoms with Gasteiger partial charge >= 0.3 is 0 Å². The minimum absolute atomic E-state index is 0.985. The van der Waals surface area contributed by atoms with Gasteiger partial charge < -0.3 is 0 Å². The highest BCUT2D eigenvalue weighted by molar-refractivity contribution is 5.94. The first-order chi connectivity index (χ1) is 10.6. The van der Waals surface area contributed by atoms with Gasteiger partial charge in [0.2, 0.25) is 5.69 Å². The van der Waals surface area contributed by atoms with E-state index in [0.29, 0.717) is 0 Å². The van der Waals surface area contributed by atoms with Gasteiger partial charge in [-0.05, 0) is 43.7 Å². The summed E-state index contributed by atoms with van der Waals surface area (Å²) in [6, 6.07) is 14.8. The second-order valence-corrected chi connectivity index (χ2v) is 5.87. The maximum Gasteiger partial charge on any atom is 0.214 e. The standard InChI is InChI=1S/C19H18N3/c1-13-7-9-15(21(3)12-13)18-14(2)8-10-16-19(18)20-17-6-4-5-11-22(16)17/h4-12H,1-3H3/q+1. The molecular weight excluding hydrogens is 270 g/mol. The van der Waals surface area contributed by atoms with E-state index in [0.717, 1.165) is 16.7 Å². The summed E-state index contributed by atoms with van der Waals surface area (Å²) in [6.45, 7) is 4.26. The highest BCUT2D eigenvalue weighted by Crippen LogP contribution is 2.30. The van der Waals surface area contributed by atoms with Crippen LogP contribution in [-0.2, 0) is 7.05 Å². The molecule has 0 saturated heterocycles. The van der Waals surface area contributed by atoms with Gasteiger partial charge in [-0.3, -0.25) is 4.40 Å². The molecule has 1 aromatic carbocycles. The van der Waals surface area contributed by atoms with Crippen molar-refractivity contribution in [1.29, 1.82) is 0 Å². The molecule has 0 spiro atoms. The lowest BCUT2D eigenvalue weighted by atomic mass is 10.0. The van der Waals surface area contributed by atoms with Gasteiger partial charge in [0.1, 0.15) is 18.2 Å². The van der Waals surface area contributed by atoms with Crippen molar-refractivity contribution in [3.8, 4) is 11.3 Å². The third kappa shape index (κ3) is 1.82. The maximum atomic E-state index is 4.87. The molecule has 3 heteroatoms. The summed E-state index contributed by atoms with van der Waals surface area (Å²) in [6.07, 6.45) is 4.22. The lowest BCUT2D eigenvalue weighted by Gasteiger charge is -2.06. The van der Waals surface area contributed by atoms with Crippen LogP contribution >= 0.6 is 0 Å². The summed E-state index contributed by atoms with van der Waals surface area (Å²) < 4.78 is 4.33. The molecule has 0 aliphatic rings. The van der Waals surface area contributed by atoms with E-state index in [9.17, 15) is 0 Å². The molecule has 4 aromatic rings. The van der Waals surface area contributed by atoms with E-state index >= 15 is 0 Å². The van der Waals surface area contributed by atoms with Crippen LogP contribution in [0.3, 0.4) is 0 Å². The van der Waals surface area contributed by atoms with Crippen LogP contribution in [0.2, 0.25) is 0 Å². The SMILES string of the molecule is Cc1ccc(-c2c(C)ccc3c2nc2ccccn23)[n+](C)c1. The van der Waals surface area contributed by atoms with Gasteiger partial charge in [-0.2, -0.15) is 0 Å². The average molecular weight is 288 g/mol. The summed E-state index contributed by atoms with van der Waals surface area (Å²) in [5, 5.41) is 0. The Labute approximate surface area is 129 Å². The Morgan fingerprint density at radius 2 is 1.86 bits per heavy atom. The van der Waals surface area contributed by atoms with Gasteiger partial charge in [-0.15, -0.1) is 0 Å². The number of hydrogen-bond acceptors (Lipinski definition) is 1. The zero-order valence-electron chi connectivity index (χ0n) is 13.0. The fourth-order valence-electron chi connectivity index (χ4n) is 3.16. The summed E-state index contributed by atoms with van der Waals surface area (Å²) in [5.74, 6) is 0. The minimum Gasteiger partial charge on any atom is -0.300 e. The van der Waals surface area contributed by atoms with Crippen molar-refractivity contribution in [2.75, 3.05) is 0 Å². The second kappa shape index (κ2) is 4.67. The van der Waals surface area contributed by atoms with Gasteiger partial charge in [0, 0.05) is 17.8 Å². The molecule has 0 saturated carbocycles. The maximum absolute atomic E-state index is 4.87. The summed E-state index contributed by atoms with van der Waals surface area (Å²) in [4.78, 5) is 4.87. The molecule has 0 unspecified atom stereocenters. The van der Waals surface area contributed by atoms with E-state index in [2.05, 4.69) is 66.5 Å². The van der Waals surface area contributed by atoms with Crippen LogP contribution < -0.4 is 4.57 Å². The molecule has 3 aromatic heterocycles. The molecule has 3 heterocycles. The van der Waals surface area contributed by atoms with Crippen LogP contribution in [0.1, 0.15) is 11.1 Å². The molecule has 0 atom stereocenters. The molecular formula is C19H18N3+. The number of aryl methyl sites for hydroxylation is 3. The van der Waals surface area contributed by atoms with Crippen LogP contribution in [0.5, 0.6) is 0 Å². The van der Waals surface area contributed by atoms with Crippen molar-refractivity contribution >= 4 is 16.7 Å². The average Bonchev–Trinajstić information content (AvgIpc) is 2.87. The molecule has 108 valence electrons. The monoisotopic (exact) mass is 288 g/mol. The van der Waals surface area contributed by atoms with Crippen molar-refractivity contribution in [3.63, 3.8) is 0 Å². The van der Waals surface area contributed by atoms with Gasteiger partial charge in [-0.1, -0.05) is 12.1 Å². The summed E-state index contributed by atoms with van der Waals surface area (Å²) in [5.41, 5.74) is 8.10. The molecule has 22 heavy (non-hydrogen) atoms. The predicted molar refractivity (Wildman–Crippen MR) is 88.8 cm³/mol. The van der Waals surface area contributed by atoms with Gasteiger partial charge in [0.05, 0.1) is 11.1 Å². The van der Waals surface area contributed by atoms with E-state index in [1.807, 2.05) is 18.2 Å². The molecule has 3 nitrogen and oxygen atoms in total. The van der Waals surface area contributed by atoms with Crippen molar-refractivity contribution < 1.29 is 4.57 Å². The number of benzene rings is 1. The highest BCUT2D eigenvalue weighted by atomic mass is 15.0. The van der Waals surface area contributed by atoms with Crippen LogP contribution in [0.4, 0.5) is 0 Å². The van der Waals surface area contributed by atoms with Crippen LogP contribution in [0, 0.1) is 13.8 Å². The van der Waals surface area contributed by atoms with E-state index < -0.39 is 0 Å². The highest BCUT2D eigenvalue weighted by Gasteiger charge is 2.19. The van der Waals surface area contributed by atoms with Gasteiger partial charge in [0.15, 0.2) is 6.20 Å². The van der Waals surface area contributed by atoms with Crippen LogP contribution in [0.15, 0.2) is 54.9 Å². The Balaban J connectivity index is 2.14. The number of pyridine rings is 2. The van der Waals surface area contributed by atoms with E-state index in [1.54, 1.807) is 0 Å². The Hall–Kier alpha value is -2.68. The predicted octanol–water partition coefficient (Wildman–Crippen LogP) is 3.60. The lowest BCUT2D eigenvalue weighted by molar-refractivity contribution is -0.660. The molecule has 0 radical (unpaired) electrons. The van der Waals surface area contributed by atoms with Crippen LogP contribution in [-0.4, -0.2) is 9.38 Å². The molecule has 0 N–H and O–H groups in total. The quantitative estimate of drug-likeness (QED) is 0.490. The molecule has 0 aliphatic heterocycles. The molecule has 0 fully saturated rings.